The molecule has 0 aliphatic heterocycles. The third-order valence-corrected chi connectivity index (χ3v) is 2.80. The molecular weight excluding hydrogens is 254 g/mol. The Morgan fingerprint density at radius 1 is 1.33 bits per heavy atom. The minimum Gasteiger partial charge on any atom is -0.491 e. The summed E-state index contributed by atoms with van der Waals surface area (Å²) >= 11 is 5.96. The van der Waals surface area contributed by atoms with Crippen molar-refractivity contribution in [2.45, 2.75) is 6.42 Å². The van der Waals surface area contributed by atoms with E-state index in [1.54, 1.807) is 6.07 Å². The maximum absolute atomic E-state index is 11.0. The van der Waals surface area contributed by atoms with E-state index in [2.05, 4.69) is 4.74 Å². The van der Waals surface area contributed by atoms with Crippen LogP contribution in [0.1, 0.15) is 6.42 Å². The molecule has 1 aromatic rings. The molecule has 0 unspecified atom stereocenters. The Morgan fingerprint density at radius 2 is 2.06 bits per heavy atom. The minimum atomic E-state index is -0.200. The summed E-state index contributed by atoms with van der Waals surface area (Å²) in [5.74, 6) is 0.481. The molecular formula is C13H18ClNO3. The summed E-state index contributed by atoms with van der Waals surface area (Å²) in [6.45, 7) is 1.90. The van der Waals surface area contributed by atoms with Crippen LogP contribution in [0.5, 0.6) is 5.75 Å². The summed E-state index contributed by atoms with van der Waals surface area (Å²) in [5, 5.41) is 0.606. The predicted molar refractivity (Wildman–Crippen MR) is 71.1 cm³/mol. The average molecular weight is 272 g/mol. The maximum Gasteiger partial charge on any atom is 0.306 e. The Hall–Kier alpha value is -1.26. The first-order valence-corrected chi connectivity index (χ1v) is 6.14. The van der Waals surface area contributed by atoms with Crippen LogP contribution < -0.4 is 4.74 Å². The van der Waals surface area contributed by atoms with E-state index in [0.29, 0.717) is 30.3 Å². The number of halogens is 1. The molecule has 5 heteroatoms. The van der Waals surface area contributed by atoms with E-state index in [-0.39, 0.29) is 5.97 Å². The highest BCUT2D eigenvalue weighted by Crippen LogP contribution is 2.22. The van der Waals surface area contributed by atoms with E-state index < -0.39 is 0 Å². The summed E-state index contributed by atoms with van der Waals surface area (Å²) in [5.41, 5.74) is 0. The molecule has 0 aromatic heterocycles. The van der Waals surface area contributed by atoms with Gasteiger partial charge in [0.1, 0.15) is 12.4 Å². The molecule has 0 bridgehead atoms. The number of nitrogens with zero attached hydrogens (tertiary/aromatic N) is 1. The highest BCUT2D eigenvalue weighted by Gasteiger charge is 2.05. The van der Waals surface area contributed by atoms with Crippen molar-refractivity contribution in [2.75, 3.05) is 33.9 Å². The van der Waals surface area contributed by atoms with Gasteiger partial charge in [0.2, 0.25) is 0 Å². The largest absolute Gasteiger partial charge is 0.491 e. The molecule has 0 fully saturated rings. The lowest BCUT2D eigenvalue weighted by Gasteiger charge is -2.16. The summed E-state index contributed by atoms with van der Waals surface area (Å²) in [6, 6.07) is 7.36. The van der Waals surface area contributed by atoms with E-state index >= 15 is 0 Å². The van der Waals surface area contributed by atoms with Crippen molar-refractivity contribution in [2.24, 2.45) is 0 Å². The van der Waals surface area contributed by atoms with Crippen molar-refractivity contribution >= 4 is 17.6 Å². The molecule has 0 N–H and O–H groups in total. The van der Waals surface area contributed by atoms with E-state index in [4.69, 9.17) is 16.3 Å². The molecule has 0 atom stereocenters. The van der Waals surface area contributed by atoms with Crippen molar-refractivity contribution in [3.8, 4) is 5.75 Å². The number of esters is 1. The van der Waals surface area contributed by atoms with Gasteiger partial charge in [-0.2, -0.15) is 0 Å². The van der Waals surface area contributed by atoms with Crippen LogP contribution >= 0.6 is 11.6 Å². The molecule has 0 spiro atoms. The van der Waals surface area contributed by atoms with Crippen molar-refractivity contribution in [3.63, 3.8) is 0 Å². The minimum absolute atomic E-state index is 0.200. The van der Waals surface area contributed by atoms with Crippen LogP contribution in [0.4, 0.5) is 0 Å². The van der Waals surface area contributed by atoms with Crippen molar-refractivity contribution in [1.29, 1.82) is 0 Å². The number of rotatable bonds is 7. The number of hydrogen-bond acceptors (Lipinski definition) is 4. The van der Waals surface area contributed by atoms with Crippen LogP contribution in [0.3, 0.4) is 0 Å². The molecule has 0 aliphatic rings. The molecule has 1 rings (SSSR count). The van der Waals surface area contributed by atoms with Gasteiger partial charge in [-0.3, -0.25) is 4.79 Å². The Balaban J connectivity index is 2.21. The number of hydrogen-bond donors (Lipinski definition) is 0. The average Bonchev–Trinajstić information content (AvgIpc) is 2.38. The summed E-state index contributed by atoms with van der Waals surface area (Å²) in [6.07, 6.45) is 0.388. The molecule has 0 saturated heterocycles. The zero-order valence-electron chi connectivity index (χ0n) is 10.7. The number of methoxy groups -OCH3 is 1. The third-order valence-electron chi connectivity index (χ3n) is 2.49. The second-order valence-corrected chi connectivity index (χ2v) is 4.32. The van der Waals surface area contributed by atoms with E-state index in [0.717, 1.165) is 6.54 Å². The van der Waals surface area contributed by atoms with Crippen LogP contribution in [0, 0.1) is 0 Å². The molecule has 18 heavy (non-hydrogen) atoms. The zero-order chi connectivity index (χ0) is 13.4. The fraction of sp³-hybridized carbons (Fsp3) is 0.462. The van der Waals surface area contributed by atoms with Crippen LogP contribution in [-0.4, -0.2) is 44.7 Å². The fourth-order valence-electron chi connectivity index (χ4n) is 1.37. The molecule has 100 valence electrons. The van der Waals surface area contributed by atoms with E-state index in [1.807, 2.05) is 30.1 Å². The van der Waals surface area contributed by atoms with E-state index in [1.165, 1.54) is 7.11 Å². The smallest absolute Gasteiger partial charge is 0.306 e. The van der Waals surface area contributed by atoms with Gasteiger partial charge in [-0.15, -0.1) is 0 Å². The summed E-state index contributed by atoms with van der Waals surface area (Å²) in [4.78, 5) is 13.0. The standard InChI is InChI=1S/C13H18ClNO3/c1-15(8-7-13(16)17-2)9-10-18-12-6-4-3-5-11(12)14/h3-6H,7-10H2,1-2H3. The maximum atomic E-state index is 11.0. The van der Waals surface area contributed by atoms with Crippen molar-refractivity contribution in [1.82, 2.24) is 4.90 Å². The fourth-order valence-corrected chi connectivity index (χ4v) is 1.56. The first-order chi connectivity index (χ1) is 8.63. The Morgan fingerprint density at radius 3 is 2.72 bits per heavy atom. The highest BCUT2D eigenvalue weighted by atomic mass is 35.5. The molecule has 0 radical (unpaired) electrons. The monoisotopic (exact) mass is 271 g/mol. The topological polar surface area (TPSA) is 38.8 Å². The molecule has 4 nitrogen and oxygen atoms in total. The quantitative estimate of drug-likeness (QED) is 0.713. The molecule has 0 aliphatic carbocycles. The SMILES string of the molecule is COC(=O)CCN(C)CCOc1ccccc1Cl. The van der Waals surface area contributed by atoms with Crippen LogP contribution in [0.15, 0.2) is 24.3 Å². The first kappa shape index (κ1) is 14.8. The van der Waals surface area contributed by atoms with Gasteiger partial charge in [-0.25, -0.2) is 0 Å². The Bertz CT molecular complexity index is 384. The Kier molecular flexibility index (Phi) is 6.54. The number of likely N-dealkylation sites (N-methyl/N-ethyl adjacent to an activating group) is 1. The number of carbonyl (C=O) groups is 1. The number of carbonyl (C=O) groups excluding carboxylic acids is 1. The highest BCUT2D eigenvalue weighted by molar-refractivity contribution is 6.32. The lowest BCUT2D eigenvalue weighted by Crippen LogP contribution is -2.27. The van der Waals surface area contributed by atoms with Gasteiger partial charge in [0.25, 0.3) is 0 Å². The molecule has 0 heterocycles. The van der Waals surface area contributed by atoms with Gasteiger partial charge in [0.15, 0.2) is 0 Å². The molecule has 0 amide bonds. The predicted octanol–water partition coefficient (Wildman–Crippen LogP) is 2.21. The number of ether oxygens (including phenoxy) is 2. The van der Waals surface area contributed by atoms with Gasteiger partial charge in [-0.1, -0.05) is 23.7 Å². The van der Waals surface area contributed by atoms with Gasteiger partial charge in [0.05, 0.1) is 18.6 Å². The summed E-state index contributed by atoms with van der Waals surface area (Å²) in [7, 11) is 3.32. The Labute approximate surface area is 112 Å². The summed E-state index contributed by atoms with van der Waals surface area (Å²) < 4.78 is 10.1. The number of benzene rings is 1. The second kappa shape index (κ2) is 7.95. The first-order valence-electron chi connectivity index (χ1n) is 5.76. The number of para-hydroxylation sites is 1. The molecule has 0 saturated carbocycles. The van der Waals surface area contributed by atoms with Gasteiger partial charge < -0.3 is 14.4 Å². The lowest BCUT2D eigenvalue weighted by molar-refractivity contribution is -0.140. The van der Waals surface area contributed by atoms with Crippen LogP contribution in [0.25, 0.3) is 0 Å². The van der Waals surface area contributed by atoms with Crippen molar-refractivity contribution < 1.29 is 14.3 Å². The van der Waals surface area contributed by atoms with Gasteiger partial charge in [-0.05, 0) is 19.2 Å². The lowest BCUT2D eigenvalue weighted by atomic mass is 10.3. The van der Waals surface area contributed by atoms with Crippen LogP contribution in [-0.2, 0) is 9.53 Å². The molecule has 1 aromatic carbocycles. The zero-order valence-corrected chi connectivity index (χ0v) is 11.4. The van der Waals surface area contributed by atoms with E-state index in [9.17, 15) is 4.79 Å². The van der Waals surface area contributed by atoms with Gasteiger partial charge >= 0.3 is 5.97 Å². The normalized spacial score (nSPS) is 10.4. The van der Waals surface area contributed by atoms with Gasteiger partial charge in [0, 0.05) is 13.1 Å². The van der Waals surface area contributed by atoms with Crippen LogP contribution in [0.2, 0.25) is 5.02 Å². The third kappa shape index (κ3) is 5.38. The second-order valence-electron chi connectivity index (χ2n) is 3.91. The van der Waals surface area contributed by atoms with Crippen molar-refractivity contribution in [3.05, 3.63) is 29.3 Å².